The molecule has 2 N–H and O–H groups in total. The number of halogens is 2. The number of hydrogen-bond donors (Lipinski definition) is 2. The molecule has 0 aliphatic rings. The number of rotatable bonds is 6. The van der Waals surface area contributed by atoms with Crippen LogP contribution in [-0.2, 0) is 10.0 Å². The topological polar surface area (TPSA) is 84.5 Å². The molecule has 28 heavy (non-hydrogen) atoms. The van der Waals surface area contributed by atoms with Gasteiger partial charge in [-0.25, -0.2) is 13.1 Å². The summed E-state index contributed by atoms with van der Waals surface area (Å²) in [7, 11) is -3.84. The molecule has 0 aliphatic heterocycles. The Balaban J connectivity index is 2.35. The van der Waals surface area contributed by atoms with Gasteiger partial charge in [0.25, 0.3) is 5.91 Å². The van der Waals surface area contributed by atoms with Gasteiger partial charge in [0.15, 0.2) is 0 Å². The molecule has 2 rings (SSSR count). The first-order valence-corrected chi connectivity index (χ1v) is 9.87. The fourth-order valence-corrected chi connectivity index (χ4v) is 3.88. The molecule has 0 saturated carbocycles. The Bertz CT molecular complexity index is 970. The summed E-state index contributed by atoms with van der Waals surface area (Å²) in [6, 6.07) is 9.89. The van der Waals surface area contributed by atoms with Gasteiger partial charge in [-0.2, -0.15) is 8.78 Å². The highest BCUT2D eigenvalue weighted by molar-refractivity contribution is 7.89. The standard InChI is InChI=1S/C19H22F2N2O4S/c1-12-9-10-13(28(25,26)23-19(2,3)4)11-14(12)17(24)22-15-7-5-6-8-16(15)27-18(20)21/h5-11,18,23H,1-4H3,(H,22,24). The van der Waals surface area contributed by atoms with Crippen molar-refractivity contribution in [3.8, 4) is 5.75 Å². The fraction of sp³-hybridized carbons (Fsp3) is 0.316. The molecule has 6 nitrogen and oxygen atoms in total. The van der Waals surface area contributed by atoms with Crippen molar-refractivity contribution in [3.05, 3.63) is 53.6 Å². The Morgan fingerprint density at radius 2 is 1.75 bits per heavy atom. The number of alkyl halides is 2. The Hall–Kier alpha value is -2.52. The average Bonchev–Trinajstić information content (AvgIpc) is 2.54. The van der Waals surface area contributed by atoms with Crippen LogP contribution in [0.4, 0.5) is 14.5 Å². The lowest BCUT2D eigenvalue weighted by Gasteiger charge is -2.21. The van der Waals surface area contributed by atoms with Gasteiger partial charge in [0, 0.05) is 11.1 Å². The largest absolute Gasteiger partial charge is 0.433 e. The summed E-state index contributed by atoms with van der Waals surface area (Å²) in [6.07, 6.45) is 0. The van der Waals surface area contributed by atoms with Crippen molar-refractivity contribution in [1.29, 1.82) is 0 Å². The van der Waals surface area contributed by atoms with E-state index >= 15 is 0 Å². The lowest BCUT2D eigenvalue weighted by atomic mass is 10.1. The molecule has 0 heterocycles. The third-order valence-electron chi connectivity index (χ3n) is 3.56. The van der Waals surface area contributed by atoms with Crippen LogP contribution >= 0.6 is 0 Å². The molecule has 152 valence electrons. The molecular formula is C19H22F2N2O4S. The second-order valence-electron chi connectivity index (χ2n) is 7.16. The van der Waals surface area contributed by atoms with Crippen LogP contribution in [0.1, 0.15) is 36.7 Å². The molecule has 2 aromatic carbocycles. The van der Waals surface area contributed by atoms with E-state index in [2.05, 4.69) is 14.8 Å². The van der Waals surface area contributed by atoms with Gasteiger partial charge in [-0.15, -0.1) is 0 Å². The quantitative estimate of drug-likeness (QED) is 0.753. The van der Waals surface area contributed by atoms with E-state index in [0.29, 0.717) is 5.56 Å². The molecule has 0 atom stereocenters. The number of aryl methyl sites for hydroxylation is 1. The van der Waals surface area contributed by atoms with Crippen molar-refractivity contribution in [1.82, 2.24) is 4.72 Å². The molecule has 2 aromatic rings. The maximum atomic E-state index is 12.7. The Morgan fingerprint density at radius 3 is 2.36 bits per heavy atom. The molecule has 9 heteroatoms. The van der Waals surface area contributed by atoms with E-state index < -0.39 is 28.1 Å². The highest BCUT2D eigenvalue weighted by Gasteiger charge is 2.24. The summed E-state index contributed by atoms with van der Waals surface area (Å²) < 4.78 is 57.0. The number of amides is 1. The summed E-state index contributed by atoms with van der Waals surface area (Å²) in [5.41, 5.74) is -0.0195. The Labute approximate surface area is 163 Å². The Kier molecular flexibility index (Phi) is 6.41. The van der Waals surface area contributed by atoms with Crippen molar-refractivity contribution in [2.24, 2.45) is 0 Å². The van der Waals surface area contributed by atoms with E-state index in [0.717, 1.165) is 0 Å². The second-order valence-corrected chi connectivity index (χ2v) is 8.84. The number of ether oxygens (including phenoxy) is 1. The first kappa shape index (κ1) is 21.8. The molecule has 0 spiro atoms. The van der Waals surface area contributed by atoms with Crippen LogP contribution in [-0.4, -0.2) is 26.5 Å². The number of carbonyl (C=O) groups excluding carboxylic acids is 1. The number of anilines is 1. The normalized spacial score (nSPS) is 12.1. The minimum absolute atomic E-state index is 0.0493. The highest BCUT2D eigenvalue weighted by Crippen LogP contribution is 2.27. The third kappa shape index (κ3) is 5.74. The van der Waals surface area contributed by atoms with E-state index in [4.69, 9.17) is 0 Å². The predicted octanol–water partition coefficient (Wildman–Crippen LogP) is 3.93. The lowest BCUT2D eigenvalue weighted by Crippen LogP contribution is -2.40. The fourth-order valence-electron chi connectivity index (χ4n) is 2.43. The van der Waals surface area contributed by atoms with Gasteiger partial charge < -0.3 is 10.1 Å². The maximum absolute atomic E-state index is 12.7. The molecule has 0 fully saturated rings. The second kappa shape index (κ2) is 8.24. The highest BCUT2D eigenvalue weighted by atomic mass is 32.2. The smallest absolute Gasteiger partial charge is 0.387 e. The van der Waals surface area contributed by atoms with Gasteiger partial charge in [-0.3, -0.25) is 4.79 Å². The van der Waals surface area contributed by atoms with Crippen LogP contribution in [0, 0.1) is 6.92 Å². The van der Waals surface area contributed by atoms with Gasteiger partial charge in [-0.05, 0) is 57.5 Å². The van der Waals surface area contributed by atoms with E-state index in [9.17, 15) is 22.0 Å². The van der Waals surface area contributed by atoms with E-state index in [1.807, 2.05) is 0 Å². The molecule has 0 unspecified atom stereocenters. The molecular weight excluding hydrogens is 390 g/mol. The summed E-state index contributed by atoms with van der Waals surface area (Å²) >= 11 is 0. The van der Waals surface area contributed by atoms with Crippen LogP contribution in [0.2, 0.25) is 0 Å². The third-order valence-corrected chi connectivity index (χ3v) is 5.31. The van der Waals surface area contributed by atoms with E-state index in [-0.39, 0.29) is 21.9 Å². The number of hydrogen-bond acceptors (Lipinski definition) is 4. The molecule has 0 bridgehead atoms. The monoisotopic (exact) mass is 412 g/mol. The maximum Gasteiger partial charge on any atom is 0.387 e. The van der Waals surface area contributed by atoms with Crippen LogP contribution in [0.15, 0.2) is 47.4 Å². The van der Waals surface area contributed by atoms with Crippen molar-refractivity contribution in [2.75, 3.05) is 5.32 Å². The molecule has 0 radical (unpaired) electrons. The lowest BCUT2D eigenvalue weighted by molar-refractivity contribution is -0.0493. The predicted molar refractivity (Wildman–Crippen MR) is 102 cm³/mol. The number of nitrogens with one attached hydrogen (secondary N) is 2. The summed E-state index contributed by atoms with van der Waals surface area (Å²) in [5, 5.41) is 2.49. The average molecular weight is 412 g/mol. The molecule has 0 aromatic heterocycles. The van der Waals surface area contributed by atoms with Gasteiger partial charge in [0.1, 0.15) is 5.75 Å². The minimum atomic E-state index is -3.84. The number of carbonyl (C=O) groups is 1. The molecule has 0 saturated heterocycles. The SMILES string of the molecule is Cc1ccc(S(=O)(=O)NC(C)(C)C)cc1C(=O)Nc1ccccc1OC(F)F. The van der Waals surface area contributed by atoms with Crippen molar-refractivity contribution in [2.45, 2.75) is 44.7 Å². The van der Waals surface area contributed by atoms with Crippen LogP contribution in [0.5, 0.6) is 5.75 Å². The summed E-state index contributed by atoms with van der Waals surface area (Å²) in [5.74, 6) is -0.836. The summed E-state index contributed by atoms with van der Waals surface area (Å²) in [4.78, 5) is 12.6. The number of para-hydroxylation sites is 2. The Morgan fingerprint density at radius 1 is 1.11 bits per heavy atom. The zero-order valence-electron chi connectivity index (χ0n) is 15.9. The first-order chi connectivity index (χ1) is 12.9. The van der Waals surface area contributed by atoms with Crippen molar-refractivity contribution >= 4 is 21.6 Å². The van der Waals surface area contributed by atoms with Crippen LogP contribution in [0.3, 0.4) is 0 Å². The first-order valence-electron chi connectivity index (χ1n) is 8.39. The minimum Gasteiger partial charge on any atom is -0.433 e. The zero-order chi connectivity index (χ0) is 21.1. The van der Waals surface area contributed by atoms with E-state index in [1.165, 1.54) is 36.4 Å². The number of benzene rings is 2. The zero-order valence-corrected chi connectivity index (χ0v) is 16.7. The van der Waals surface area contributed by atoms with Gasteiger partial charge >= 0.3 is 6.61 Å². The van der Waals surface area contributed by atoms with Crippen molar-refractivity contribution in [3.63, 3.8) is 0 Å². The van der Waals surface area contributed by atoms with E-state index in [1.54, 1.807) is 33.8 Å². The molecule has 0 aliphatic carbocycles. The van der Waals surface area contributed by atoms with Crippen LogP contribution in [0.25, 0.3) is 0 Å². The summed E-state index contributed by atoms with van der Waals surface area (Å²) in [6.45, 7) is 3.70. The van der Waals surface area contributed by atoms with Crippen molar-refractivity contribution < 1.29 is 26.7 Å². The number of sulfonamides is 1. The van der Waals surface area contributed by atoms with Gasteiger partial charge in [0.2, 0.25) is 10.0 Å². The molecule has 1 amide bonds. The van der Waals surface area contributed by atoms with Gasteiger partial charge in [-0.1, -0.05) is 18.2 Å². The van der Waals surface area contributed by atoms with Gasteiger partial charge in [0.05, 0.1) is 10.6 Å². The van der Waals surface area contributed by atoms with Crippen LogP contribution < -0.4 is 14.8 Å².